The molecular weight excluding hydrogens is 532 g/mol. The first-order valence-electron chi connectivity index (χ1n) is 14.1. The van der Waals surface area contributed by atoms with Gasteiger partial charge in [0, 0.05) is 0 Å². The molecule has 1 aliphatic heterocycles. The van der Waals surface area contributed by atoms with Crippen molar-refractivity contribution in [3.05, 3.63) is 144 Å². The van der Waals surface area contributed by atoms with Gasteiger partial charge in [-0.15, -0.1) is 11.8 Å². The average molecular weight is 571 g/mol. The lowest BCUT2D eigenvalue weighted by Crippen LogP contribution is -2.60. The Labute approximate surface area is 247 Å². The van der Waals surface area contributed by atoms with E-state index in [0.717, 1.165) is 22.3 Å². The van der Waals surface area contributed by atoms with Crippen molar-refractivity contribution in [3.63, 3.8) is 0 Å². The summed E-state index contributed by atoms with van der Waals surface area (Å²) in [7, 11) is 0. The molecule has 0 aliphatic carbocycles. The second kappa shape index (κ2) is 15.9. The second-order valence-corrected chi connectivity index (χ2v) is 11.0. The van der Waals surface area contributed by atoms with Crippen LogP contribution in [0.2, 0.25) is 0 Å². The number of thioether (sulfide) groups is 1. The summed E-state index contributed by atoms with van der Waals surface area (Å²) in [6, 6.07) is 40.8. The fourth-order valence-electron chi connectivity index (χ4n) is 4.94. The van der Waals surface area contributed by atoms with Crippen LogP contribution in [0.4, 0.5) is 0 Å². The van der Waals surface area contributed by atoms with Crippen LogP contribution in [0.1, 0.15) is 22.3 Å². The van der Waals surface area contributed by atoms with Gasteiger partial charge in [-0.25, -0.2) is 0 Å². The molecule has 5 nitrogen and oxygen atoms in total. The zero-order valence-electron chi connectivity index (χ0n) is 23.4. The summed E-state index contributed by atoms with van der Waals surface area (Å²) in [4.78, 5) is 0. The minimum Gasteiger partial charge on any atom is -0.374 e. The van der Waals surface area contributed by atoms with Crippen LogP contribution in [0.25, 0.3) is 0 Å². The SMILES string of the molecule is CS[C@H]1O[C@H](COCc2ccccc2)[C@H](OCc2ccccc2)[C@H](OCc2ccccc2)[C@H]1OCc1ccccc1. The van der Waals surface area contributed by atoms with Crippen LogP contribution in [-0.4, -0.2) is 42.7 Å². The van der Waals surface area contributed by atoms with Crippen LogP contribution in [0.5, 0.6) is 0 Å². The Kier molecular flexibility index (Phi) is 11.4. The molecule has 6 heteroatoms. The fourth-order valence-corrected chi connectivity index (χ4v) is 5.69. The molecule has 1 heterocycles. The van der Waals surface area contributed by atoms with E-state index in [1.807, 2.05) is 79.1 Å². The normalized spacial score (nSPS) is 22.4. The van der Waals surface area contributed by atoms with Gasteiger partial charge in [-0.3, -0.25) is 0 Å². The maximum Gasteiger partial charge on any atom is 0.132 e. The van der Waals surface area contributed by atoms with Crippen molar-refractivity contribution >= 4 is 11.8 Å². The zero-order chi connectivity index (χ0) is 28.1. The number of benzene rings is 4. The summed E-state index contributed by atoms with van der Waals surface area (Å²) in [5.74, 6) is 0. The maximum absolute atomic E-state index is 6.70. The Hall–Kier alpha value is -2.97. The predicted octanol–water partition coefficient (Wildman–Crippen LogP) is 7.05. The van der Waals surface area contributed by atoms with E-state index >= 15 is 0 Å². The molecule has 1 saturated heterocycles. The van der Waals surface area contributed by atoms with E-state index in [-0.39, 0.29) is 23.7 Å². The molecule has 0 amide bonds. The van der Waals surface area contributed by atoms with Crippen molar-refractivity contribution in [2.75, 3.05) is 12.9 Å². The van der Waals surface area contributed by atoms with Crippen LogP contribution in [0.3, 0.4) is 0 Å². The third-order valence-electron chi connectivity index (χ3n) is 7.07. The zero-order valence-corrected chi connectivity index (χ0v) is 24.2. The number of ether oxygens (including phenoxy) is 5. The molecule has 214 valence electrons. The Morgan fingerprint density at radius 1 is 0.512 bits per heavy atom. The Balaban J connectivity index is 1.38. The first-order valence-corrected chi connectivity index (χ1v) is 15.4. The van der Waals surface area contributed by atoms with Gasteiger partial charge in [-0.05, 0) is 28.5 Å². The molecule has 0 aromatic heterocycles. The molecule has 4 aromatic rings. The van der Waals surface area contributed by atoms with E-state index in [1.165, 1.54) is 0 Å². The second-order valence-electron chi connectivity index (χ2n) is 10.1. The molecule has 5 atom stereocenters. The monoisotopic (exact) mass is 570 g/mol. The predicted molar refractivity (Wildman–Crippen MR) is 163 cm³/mol. The largest absolute Gasteiger partial charge is 0.374 e. The lowest BCUT2D eigenvalue weighted by Gasteiger charge is -2.45. The maximum atomic E-state index is 6.70. The Morgan fingerprint density at radius 3 is 1.34 bits per heavy atom. The van der Waals surface area contributed by atoms with Gasteiger partial charge in [0.25, 0.3) is 0 Å². The van der Waals surface area contributed by atoms with Gasteiger partial charge < -0.3 is 23.7 Å². The van der Waals surface area contributed by atoms with E-state index < -0.39 is 6.10 Å². The van der Waals surface area contributed by atoms with Crippen LogP contribution in [-0.2, 0) is 50.1 Å². The molecular formula is C35H38O5S. The fraction of sp³-hybridized carbons (Fsp3) is 0.314. The average Bonchev–Trinajstić information content (AvgIpc) is 3.04. The van der Waals surface area contributed by atoms with E-state index in [1.54, 1.807) is 11.8 Å². The van der Waals surface area contributed by atoms with Gasteiger partial charge >= 0.3 is 0 Å². The summed E-state index contributed by atoms with van der Waals surface area (Å²) < 4.78 is 32.8. The van der Waals surface area contributed by atoms with Gasteiger partial charge in [0.05, 0.1) is 33.0 Å². The molecule has 0 saturated carbocycles. The van der Waals surface area contributed by atoms with Crippen molar-refractivity contribution < 1.29 is 23.7 Å². The minimum atomic E-state index is -0.404. The van der Waals surface area contributed by atoms with E-state index in [2.05, 4.69) is 48.5 Å². The van der Waals surface area contributed by atoms with Gasteiger partial charge in [-0.1, -0.05) is 121 Å². The smallest absolute Gasteiger partial charge is 0.132 e. The van der Waals surface area contributed by atoms with Crippen molar-refractivity contribution in [2.24, 2.45) is 0 Å². The highest BCUT2D eigenvalue weighted by molar-refractivity contribution is 7.99. The van der Waals surface area contributed by atoms with Gasteiger partial charge in [-0.2, -0.15) is 0 Å². The molecule has 0 spiro atoms. The molecule has 4 aromatic carbocycles. The van der Waals surface area contributed by atoms with Gasteiger partial charge in [0.2, 0.25) is 0 Å². The summed E-state index contributed by atoms with van der Waals surface area (Å²) >= 11 is 1.63. The molecule has 1 fully saturated rings. The third kappa shape index (κ3) is 8.76. The number of rotatable bonds is 14. The van der Waals surface area contributed by atoms with Crippen LogP contribution < -0.4 is 0 Å². The highest BCUT2D eigenvalue weighted by atomic mass is 32.2. The van der Waals surface area contributed by atoms with Gasteiger partial charge in [0.1, 0.15) is 29.9 Å². The van der Waals surface area contributed by atoms with E-state index in [0.29, 0.717) is 33.0 Å². The number of hydrogen-bond donors (Lipinski definition) is 0. The van der Waals surface area contributed by atoms with Crippen LogP contribution in [0, 0.1) is 0 Å². The van der Waals surface area contributed by atoms with Gasteiger partial charge in [0.15, 0.2) is 0 Å². The summed E-state index contributed by atoms with van der Waals surface area (Å²) in [6.07, 6.45) is 0.584. The molecule has 0 N–H and O–H groups in total. The lowest BCUT2D eigenvalue weighted by molar-refractivity contribution is -0.254. The minimum absolute atomic E-state index is 0.249. The first-order chi connectivity index (χ1) is 20.3. The molecule has 5 rings (SSSR count). The molecule has 1 aliphatic rings. The van der Waals surface area contributed by atoms with E-state index in [4.69, 9.17) is 23.7 Å². The summed E-state index contributed by atoms with van der Waals surface area (Å²) in [6.45, 7) is 2.21. The van der Waals surface area contributed by atoms with Crippen LogP contribution in [0.15, 0.2) is 121 Å². The Bertz CT molecular complexity index is 1260. The van der Waals surface area contributed by atoms with Crippen molar-refractivity contribution in [1.82, 2.24) is 0 Å². The third-order valence-corrected chi connectivity index (χ3v) is 7.92. The summed E-state index contributed by atoms with van der Waals surface area (Å²) in [5, 5.41) is 0. The molecule has 41 heavy (non-hydrogen) atoms. The molecule has 0 bridgehead atoms. The lowest BCUT2D eigenvalue weighted by atomic mass is 9.98. The topological polar surface area (TPSA) is 46.2 Å². The quantitative estimate of drug-likeness (QED) is 0.162. The highest BCUT2D eigenvalue weighted by Gasteiger charge is 2.48. The van der Waals surface area contributed by atoms with Crippen LogP contribution >= 0.6 is 11.8 Å². The molecule has 0 radical (unpaired) electrons. The first kappa shape index (κ1) is 29.5. The van der Waals surface area contributed by atoms with E-state index in [9.17, 15) is 0 Å². The van der Waals surface area contributed by atoms with Crippen molar-refractivity contribution in [1.29, 1.82) is 0 Å². The molecule has 0 unspecified atom stereocenters. The highest BCUT2D eigenvalue weighted by Crippen LogP contribution is 2.34. The number of hydrogen-bond acceptors (Lipinski definition) is 6. The van der Waals surface area contributed by atoms with Crippen molar-refractivity contribution in [3.8, 4) is 0 Å². The standard InChI is InChI=1S/C35H38O5S/c1-41-35-34(39-25-30-20-12-5-13-21-30)33(38-24-29-18-10-4-11-19-29)32(37-23-28-16-8-3-9-17-28)31(40-35)26-36-22-27-14-6-2-7-15-27/h2-21,31-35H,22-26H2,1H3/t31-,32+,33+,34-,35-/m1/s1. The summed E-state index contributed by atoms with van der Waals surface area (Å²) in [5.41, 5.74) is 4.16. The Morgan fingerprint density at radius 2 is 0.902 bits per heavy atom. The van der Waals surface area contributed by atoms with Crippen molar-refractivity contribution in [2.45, 2.75) is 56.3 Å².